The van der Waals surface area contributed by atoms with E-state index < -0.39 is 12.4 Å². The van der Waals surface area contributed by atoms with Crippen LogP contribution in [0.1, 0.15) is 17.7 Å². The van der Waals surface area contributed by atoms with Crippen molar-refractivity contribution in [3.8, 4) is 0 Å². The number of aromatic nitrogens is 1. The number of nitrogens with zero attached hydrogens (tertiary/aromatic N) is 1. The molecular weight excluding hydrogens is 354 g/mol. The van der Waals surface area contributed by atoms with E-state index in [1.54, 1.807) is 22.6 Å². The Morgan fingerprint density at radius 1 is 1.69 bits per heavy atom. The molecule has 0 spiro atoms. The predicted octanol–water partition coefficient (Wildman–Crippen LogP) is 2.99. The van der Waals surface area contributed by atoms with Crippen molar-refractivity contribution in [2.75, 3.05) is 7.11 Å². The fourth-order valence-electron chi connectivity index (χ4n) is 1.09. The maximum Gasteiger partial charge on any atom is 0.311 e. The molecule has 1 aromatic rings. The highest BCUT2D eigenvalue weighted by Crippen LogP contribution is 2.31. The Labute approximate surface area is 109 Å². The first kappa shape index (κ1) is 13.6. The summed E-state index contributed by atoms with van der Waals surface area (Å²) in [5, 5.41) is 0.143. The Hall–Kier alpha value is -0.500. The van der Waals surface area contributed by atoms with Gasteiger partial charge in [0.1, 0.15) is 0 Å². The fourth-order valence-corrected chi connectivity index (χ4v) is 1.92. The van der Waals surface area contributed by atoms with E-state index in [-0.39, 0.29) is 26.3 Å². The van der Waals surface area contributed by atoms with E-state index in [9.17, 15) is 13.6 Å². The zero-order valence-electron chi connectivity index (χ0n) is 8.14. The zero-order chi connectivity index (χ0) is 12.3. The maximum absolute atomic E-state index is 12.8. The van der Waals surface area contributed by atoms with Gasteiger partial charge in [0.25, 0.3) is 6.43 Å². The number of carbonyl (C=O) groups is 1. The van der Waals surface area contributed by atoms with E-state index in [1.807, 2.05) is 0 Å². The largest absolute Gasteiger partial charge is 0.469 e. The van der Waals surface area contributed by atoms with Crippen LogP contribution >= 0.6 is 34.2 Å². The third-order valence-electron chi connectivity index (χ3n) is 1.85. The van der Waals surface area contributed by atoms with Crippen LogP contribution in [0.5, 0.6) is 0 Å². The molecule has 16 heavy (non-hydrogen) atoms. The molecular formula is C9H7ClF2INO2. The van der Waals surface area contributed by atoms with Crippen LogP contribution in [0.4, 0.5) is 8.78 Å². The summed E-state index contributed by atoms with van der Waals surface area (Å²) in [6, 6.07) is 0. The van der Waals surface area contributed by atoms with Gasteiger partial charge in [-0.2, -0.15) is 0 Å². The molecule has 7 heteroatoms. The number of methoxy groups -OCH3 is 1. The average Bonchev–Trinajstić information content (AvgIpc) is 2.23. The van der Waals surface area contributed by atoms with E-state index in [0.717, 1.165) is 0 Å². The number of halogens is 4. The minimum absolute atomic E-state index is 0.00403. The highest BCUT2D eigenvalue weighted by Gasteiger charge is 2.22. The molecule has 1 aromatic heterocycles. The minimum atomic E-state index is -2.72. The Morgan fingerprint density at radius 3 is 2.81 bits per heavy atom. The van der Waals surface area contributed by atoms with Gasteiger partial charge in [-0.05, 0) is 22.6 Å². The van der Waals surface area contributed by atoms with Crippen molar-refractivity contribution < 1.29 is 18.3 Å². The summed E-state index contributed by atoms with van der Waals surface area (Å²) in [5.41, 5.74) is -0.311. The van der Waals surface area contributed by atoms with Crippen molar-refractivity contribution in [1.29, 1.82) is 0 Å². The first-order valence-corrected chi connectivity index (χ1v) is 5.60. The standard InChI is InChI=1S/C9H7ClF2INO2/c1-16-6(15)2-5-7(9(11)12)8(13)4(10)3-14-5/h3,9H,2H2,1H3. The van der Waals surface area contributed by atoms with E-state index in [2.05, 4.69) is 9.72 Å². The molecule has 0 aliphatic rings. The summed E-state index contributed by atoms with van der Waals surface area (Å²) in [6.07, 6.45) is -1.77. The van der Waals surface area contributed by atoms with Crippen LogP contribution in [0.2, 0.25) is 5.02 Å². The van der Waals surface area contributed by atoms with Gasteiger partial charge in [0, 0.05) is 9.77 Å². The normalized spacial score (nSPS) is 10.6. The van der Waals surface area contributed by atoms with Crippen molar-refractivity contribution in [2.45, 2.75) is 12.8 Å². The predicted molar refractivity (Wildman–Crippen MR) is 62.6 cm³/mol. The summed E-state index contributed by atoms with van der Waals surface area (Å²) in [6.45, 7) is 0. The molecule has 0 aromatic carbocycles. The summed E-state index contributed by atoms with van der Waals surface area (Å²) in [7, 11) is 1.19. The molecule has 1 rings (SSSR count). The Kier molecular flexibility index (Phi) is 4.85. The Morgan fingerprint density at radius 2 is 2.31 bits per heavy atom. The number of rotatable bonds is 3. The zero-order valence-corrected chi connectivity index (χ0v) is 11.1. The molecule has 0 saturated heterocycles. The lowest BCUT2D eigenvalue weighted by Crippen LogP contribution is -2.10. The second kappa shape index (κ2) is 5.72. The van der Waals surface area contributed by atoms with Crippen molar-refractivity contribution in [1.82, 2.24) is 4.98 Å². The van der Waals surface area contributed by atoms with Crippen molar-refractivity contribution in [3.63, 3.8) is 0 Å². The first-order chi connectivity index (χ1) is 7.47. The first-order valence-electron chi connectivity index (χ1n) is 4.15. The van der Waals surface area contributed by atoms with Crippen molar-refractivity contribution in [2.24, 2.45) is 0 Å². The van der Waals surface area contributed by atoms with Gasteiger partial charge >= 0.3 is 5.97 Å². The monoisotopic (exact) mass is 361 g/mol. The highest BCUT2D eigenvalue weighted by molar-refractivity contribution is 14.1. The van der Waals surface area contributed by atoms with Crippen LogP contribution in [-0.2, 0) is 16.0 Å². The van der Waals surface area contributed by atoms with E-state index in [0.29, 0.717) is 0 Å². The van der Waals surface area contributed by atoms with Crippen LogP contribution in [0, 0.1) is 3.57 Å². The number of hydrogen-bond donors (Lipinski definition) is 0. The van der Waals surface area contributed by atoms with Crippen LogP contribution in [-0.4, -0.2) is 18.1 Å². The molecule has 0 unspecified atom stereocenters. The smallest absolute Gasteiger partial charge is 0.311 e. The van der Waals surface area contributed by atoms with Gasteiger partial charge in [-0.3, -0.25) is 9.78 Å². The molecule has 0 aliphatic carbocycles. The van der Waals surface area contributed by atoms with Crippen LogP contribution in [0.15, 0.2) is 6.20 Å². The van der Waals surface area contributed by atoms with Gasteiger partial charge in [-0.1, -0.05) is 11.6 Å². The molecule has 0 aliphatic heterocycles. The van der Waals surface area contributed by atoms with Gasteiger partial charge in [-0.15, -0.1) is 0 Å². The summed E-state index contributed by atoms with van der Waals surface area (Å²) in [5.74, 6) is -0.618. The maximum atomic E-state index is 12.8. The fraction of sp³-hybridized carbons (Fsp3) is 0.333. The van der Waals surface area contributed by atoms with Gasteiger partial charge in [0.2, 0.25) is 0 Å². The number of carbonyl (C=O) groups excluding carboxylic acids is 1. The van der Waals surface area contributed by atoms with Crippen LogP contribution in [0.25, 0.3) is 0 Å². The SMILES string of the molecule is COC(=O)Cc1ncc(Cl)c(I)c1C(F)F. The van der Waals surface area contributed by atoms with Gasteiger partial charge < -0.3 is 4.74 Å². The summed E-state index contributed by atoms with van der Waals surface area (Å²) >= 11 is 7.38. The summed E-state index contributed by atoms with van der Waals surface area (Å²) in [4.78, 5) is 14.7. The Balaban J connectivity index is 3.18. The Bertz CT molecular complexity index is 415. The van der Waals surface area contributed by atoms with Crippen LogP contribution in [0.3, 0.4) is 0 Å². The molecule has 0 amide bonds. The lowest BCUT2D eigenvalue weighted by molar-refractivity contribution is -0.139. The van der Waals surface area contributed by atoms with Crippen molar-refractivity contribution >= 4 is 40.2 Å². The number of ether oxygens (including phenoxy) is 1. The molecule has 0 N–H and O–H groups in total. The van der Waals surface area contributed by atoms with E-state index in [1.165, 1.54) is 13.3 Å². The lowest BCUT2D eigenvalue weighted by atomic mass is 10.1. The second-order valence-electron chi connectivity index (χ2n) is 2.83. The average molecular weight is 362 g/mol. The third-order valence-corrected chi connectivity index (χ3v) is 3.62. The molecule has 3 nitrogen and oxygen atoms in total. The van der Waals surface area contributed by atoms with E-state index >= 15 is 0 Å². The summed E-state index contributed by atoms with van der Waals surface area (Å²) < 4.78 is 30.1. The topological polar surface area (TPSA) is 39.2 Å². The number of pyridine rings is 1. The van der Waals surface area contributed by atoms with Gasteiger partial charge in [0.05, 0.1) is 29.8 Å². The molecule has 0 bridgehead atoms. The van der Waals surface area contributed by atoms with Crippen LogP contribution < -0.4 is 0 Å². The van der Waals surface area contributed by atoms with E-state index in [4.69, 9.17) is 11.6 Å². The molecule has 0 radical (unpaired) electrons. The highest BCUT2D eigenvalue weighted by atomic mass is 127. The van der Waals surface area contributed by atoms with Crippen molar-refractivity contribution in [3.05, 3.63) is 26.0 Å². The molecule has 0 fully saturated rings. The van der Waals surface area contributed by atoms with Gasteiger partial charge in [-0.25, -0.2) is 8.78 Å². The molecule has 0 saturated carbocycles. The number of hydrogen-bond acceptors (Lipinski definition) is 3. The molecule has 88 valence electrons. The lowest BCUT2D eigenvalue weighted by Gasteiger charge is -2.10. The van der Waals surface area contributed by atoms with Gasteiger partial charge in [0.15, 0.2) is 0 Å². The number of esters is 1. The quantitative estimate of drug-likeness (QED) is 0.614. The minimum Gasteiger partial charge on any atom is -0.469 e. The second-order valence-corrected chi connectivity index (χ2v) is 4.32. The molecule has 1 heterocycles. The number of alkyl halides is 2. The molecule has 0 atom stereocenters. The third kappa shape index (κ3) is 3.00.